The van der Waals surface area contributed by atoms with Gasteiger partial charge in [-0.15, -0.1) is 0 Å². The van der Waals surface area contributed by atoms with Crippen molar-refractivity contribution in [3.05, 3.63) is 91.7 Å². The number of rotatable bonds is 4. The molecule has 0 amide bonds. The summed E-state index contributed by atoms with van der Waals surface area (Å²) in [7, 11) is 0. The van der Waals surface area contributed by atoms with Crippen molar-refractivity contribution in [2.45, 2.75) is 33.6 Å². The van der Waals surface area contributed by atoms with Crippen LogP contribution in [0.2, 0.25) is 0 Å². The van der Waals surface area contributed by atoms with Crippen LogP contribution in [0.5, 0.6) is 0 Å². The maximum atomic E-state index is 12.9. The molecular weight excluding hydrogens is 388 g/mol. The Morgan fingerprint density at radius 1 is 0.871 bits per heavy atom. The lowest BCUT2D eigenvalue weighted by molar-refractivity contribution is -0.116. The highest BCUT2D eigenvalue weighted by Crippen LogP contribution is 2.43. The van der Waals surface area contributed by atoms with Gasteiger partial charge < -0.3 is 0 Å². The third kappa shape index (κ3) is 5.64. The summed E-state index contributed by atoms with van der Waals surface area (Å²) in [5.74, 6) is 0.340. The summed E-state index contributed by atoms with van der Waals surface area (Å²) in [6.45, 7) is 6.58. The van der Waals surface area contributed by atoms with Crippen LogP contribution in [0.15, 0.2) is 69.9 Å². The molecule has 1 aliphatic carbocycles. The maximum Gasteiger partial charge on any atom is 0.162 e. The van der Waals surface area contributed by atoms with Gasteiger partial charge in [0, 0.05) is 27.6 Å². The lowest BCUT2D eigenvalue weighted by Gasteiger charge is -2.37. The summed E-state index contributed by atoms with van der Waals surface area (Å²) in [4.78, 5) is 18.5. The summed E-state index contributed by atoms with van der Waals surface area (Å²) in [5.41, 5.74) is 22.0. The van der Waals surface area contributed by atoms with Crippen molar-refractivity contribution in [2.75, 3.05) is 0 Å². The molecule has 7 heteroatoms. The highest BCUT2D eigenvalue weighted by molar-refractivity contribution is 6.02. The number of carbonyl (C=O) groups excluding carboxylic acids is 1. The number of hydrogen-bond donors (Lipinski definition) is 0. The van der Waals surface area contributed by atoms with E-state index in [1.54, 1.807) is 24.3 Å². The largest absolute Gasteiger partial charge is 0.294 e. The lowest BCUT2D eigenvalue weighted by Crippen LogP contribution is -2.29. The van der Waals surface area contributed by atoms with Gasteiger partial charge in [-0.25, -0.2) is 0 Å². The van der Waals surface area contributed by atoms with Crippen LogP contribution in [-0.4, -0.2) is 5.78 Å². The van der Waals surface area contributed by atoms with E-state index in [-0.39, 0.29) is 17.1 Å². The van der Waals surface area contributed by atoms with Gasteiger partial charge in [-0.1, -0.05) is 91.2 Å². The lowest BCUT2D eigenvalue weighted by atomic mass is 9.67. The van der Waals surface area contributed by atoms with Crippen LogP contribution in [0.3, 0.4) is 0 Å². The molecule has 0 bridgehead atoms. The van der Waals surface area contributed by atoms with Crippen LogP contribution in [-0.2, 0) is 4.79 Å². The summed E-state index contributed by atoms with van der Waals surface area (Å²) in [5, 5.41) is 7.18. The Kier molecular flexibility index (Phi) is 6.61. The second kappa shape index (κ2) is 9.35. The third-order valence-electron chi connectivity index (χ3n) is 5.44. The summed E-state index contributed by atoms with van der Waals surface area (Å²) >= 11 is 0. The molecule has 0 heterocycles. The average molecular weight is 412 g/mol. The minimum atomic E-state index is -0.0119. The second-order valence-corrected chi connectivity index (χ2v) is 8.67. The van der Waals surface area contributed by atoms with E-state index in [0.29, 0.717) is 24.2 Å². The Balaban J connectivity index is 1.90. The van der Waals surface area contributed by atoms with Crippen molar-refractivity contribution in [1.29, 1.82) is 0 Å². The predicted molar refractivity (Wildman–Crippen MR) is 124 cm³/mol. The highest BCUT2D eigenvalue weighted by atomic mass is 16.1. The molecule has 0 saturated heterocycles. The van der Waals surface area contributed by atoms with Crippen LogP contribution in [0.4, 0.5) is 11.4 Å². The fourth-order valence-electron chi connectivity index (χ4n) is 3.83. The number of benzene rings is 2. The SMILES string of the molecule is CC(C)(C)C1CC(=Cc2ccc(N=[N+]=[N-])cc2)C(=O)CC1=Cc1ccc(N=[N+]=[N-])cc1. The van der Waals surface area contributed by atoms with E-state index in [1.807, 2.05) is 30.3 Å². The molecule has 0 aliphatic heterocycles. The number of nitrogens with zero attached hydrogens (tertiary/aromatic N) is 6. The molecule has 1 unspecified atom stereocenters. The van der Waals surface area contributed by atoms with Crippen LogP contribution in [0, 0.1) is 11.3 Å². The van der Waals surface area contributed by atoms with E-state index in [1.165, 1.54) is 0 Å². The molecule has 1 aliphatic rings. The molecule has 31 heavy (non-hydrogen) atoms. The fraction of sp³-hybridized carbons (Fsp3) is 0.292. The Hall–Kier alpha value is -3.79. The van der Waals surface area contributed by atoms with E-state index < -0.39 is 0 Å². The van der Waals surface area contributed by atoms with Gasteiger partial charge in [0.25, 0.3) is 0 Å². The number of hydrogen-bond acceptors (Lipinski definition) is 3. The first kappa shape index (κ1) is 21.9. The van der Waals surface area contributed by atoms with Gasteiger partial charge in [0.15, 0.2) is 5.78 Å². The zero-order valence-electron chi connectivity index (χ0n) is 17.9. The monoisotopic (exact) mass is 412 g/mol. The molecule has 1 atom stereocenters. The molecule has 2 aromatic carbocycles. The quantitative estimate of drug-likeness (QED) is 0.215. The van der Waals surface area contributed by atoms with Gasteiger partial charge in [-0.2, -0.15) is 0 Å². The predicted octanol–water partition coefficient (Wildman–Crippen LogP) is 8.06. The normalized spacial score (nSPS) is 19.1. The van der Waals surface area contributed by atoms with E-state index >= 15 is 0 Å². The molecule has 0 N–H and O–H groups in total. The Morgan fingerprint density at radius 3 is 1.81 bits per heavy atom. The van der Waals surface area contributed by atoms with E-state index in [2.05, 4.69) is 46.9 Å². The van der Waals surface area contributed by atoms with Crippen molar-refractivity contribution in [3.63, 3.8) is 0 Å². The smallest absolute Gasteiger partial charge is 0.162 e. The van der Waals surface area contributed by atoms with E-state index in [9.17, 15) is 4.79 Å². The van der Waals surface area contributed by atoms with Crippen LogP contribution >= 0.6 is 0 Å². The van der Waals surface area contributed by atoms with Crippen LogP contribution in [0.1, 0.15) is 44.7 Å². The van der Waals surface area contributed by atoms with Crippen molar-refractivity contribution in [1.82, 2.24) is 0 Å². The molecular formula is C24H24N6O. The first-order valence-corrected chi connectivity index (χ1v) is 10.0. The first-order valence-electron chi connectivity index (χ1n) is 10.0. The van der Waals surface area contributed by atoms with Gasteiger partial charge >= 0.3 is 0 Å². The molecule has 1 saturated carbocycles. The number of allylic oxidation sites excluding steroid dienone is 2. The molecule has 3 rings (SSSR count). The first-order chi connectivity index (χ1) is 14.8. The summed E-state index contributed by atoms with van der Waals surface area (Å²) in [6.07, 6.45) is 5.07. The third-order valence-corrected chi connectivity index (χ3v) is 5.44. The average Bonchev–Trinajstić information content (AvgIpc) is 2.72. The number of carbonyl (C=O) groups is 1. The Morgan fingerprint density at radius 2 is 1.35 bits per heavy atom. The standard InChI is InChI=1S/C24H24N6O/c1-24(2,3)22-14-19(13-17-6-10-21(11-7-17)28-30-26)23(31)15-18(22)12-16-4-8-20(9-5-16)27-29-25/h4-13,22H,14-15H2,1-3H3. The zero-order chi connectivity index (χ0) is 22.4. The van der Waals surface area contributed by atoms with Crippen LogP contribution in [0.25, 0.3) is 33.0 Å². The van der Waals surface area contributed by atoms with Crippen molar-refractivity contribution in [2.24, 2.45) is 21.6 Å². The molecule has 156 valence electrons. The minimum absolute atomic E-state index is 0.0119. The second-order valence-electron chi connectivity index (χ2n) is 8.67. The van der Waals surface area contributed by atoms with Crippen molar-refractivity contribution < 1.29 is 4.79 Å². The van der Waals surface area contributed by atoms with Crippen molar-refractivity contribution in [3.8, 4) is 0 Å². The molecule has 7 nitrogen and oxygen atoms in total. The molecule has 1 fully saturated rings. The minimum Gasteiger partial charge on any atom is -0.294 e. The number of Topliss-reactive ketones (excluding diaryl/α,β-unsaturated/α-hetero) is 1. The van der Waals surface area contributed by atoms with Crippen molar-refractivity contribution >= 4 is 29.3 Å². The fourth-order valence-corrected chi connectivity index (χ4v) is 3.83. The van der Waals surface area contributed by atoms with Crippen LogP contribution < -0.4 is 0 Å². The topological polar surface area (TPSA) is 115 Å². The Labute approximate surface area is 181 Å². The van der Waals surface area contributed by atoms with Gasteiger partial charge in [0.1, 0.15) is 0 Å². The Bertz CT molecular complexity index is 1120. The molecule has 0 aromatic heterocycles. The molecule has 0 spiro atoms. The zero-order valence-corrected chi connectivity index (χ0v) is 17.9. The summed E-state index contributed by atoms with van der Waals surface area (Å²) in [6, 6.07) is 14.5. The molecule has 2 aromatic rings. The summed E-state index contributed by atoms with van der Waals surface area (Å²) < 4.78 is 0. The molecule has 0 radical (unpaired) electrons. The van der Waals surface area contributed by atoms with Gasteiger partial charge in [-0.05, 0) is 51.6 Å². The van der Waals surface area contributed by atoms with E-state index in [4.69, 9.17) is 11.1 Å². The van der Waals surface area contributed by atoms with E-state index in [0.717, 1.165) is 22.3 Å². The number of azide groups is 2. The van der Waals surface area contributed by atoms with Gasteiger partial charge in [-0.3, -0.25) is 4.79 Å². The highest BCUT2D eigenvalue weighted by Gasteiger charge is 2.35. The van der Waals surface area contributed by atoms with Gasteiger partial charge in [0.2, 0.25) is 0 Å². The maximum absolute atomic E-state index is 12.9. The number of ketones is 1. The van der Waals surface area contributed by atoms with Gasteiger partial charge in [0.05, 0.1) is 0 Å².